The number of halogens is 1. The molecule has 118 valence electrons. The van der Waals surface area contributed by atoms with Crippen LogP contribution in [-0.2, 0) is 4.79 Å². The fraction of sp³-hybridized carbons (Fsp3) is 0.222. The average Bonchev–Trinajstić information content (AvgIpc) is 2.92. The Kier molecular flexibility index (Phi) is 4.48. The van der Waals surface area contributed by atoms with Crippen LogP contribution in [0.4, 0.5) is 11.4 Å². The van der Waals surface area contributed by atoms with Gasteiger partial charge in [-0.1, -0.05) is 15.9 Å². The highest BCUT2D eigenvalue weighted by Crippen LogP contribution is 2.23. The highest BCUT2D eigenvalue weighted by molar-refractivity contribution is 9.10. The van der Waals surface area contributed by atoms with Crippen molar-refractivity contribution in [3.8, 4) is 0 Å². The molecule has 5 heteroatoms. The van der Waals surface area contributed by atoms with Gasteiger partial charge in [0.1, 0.15) is 0 Å². The molecule has 2 aromatic carbocycles. The van der Waals surface area contributed by atoms with Gasteiger partial charge >= 0.3 is 0 Å². The van der Waals surface area contributed by atoms with Gasteiger partial charge in [-0.2, -0.15) is 0 Å². The summed E-state index contributed by atoms with van der Waals surface area (Å²) < 4.78 is 0.927. The molecule has 3 rings (SSSR count). The lowest BCUT2D eigenvalue weighted by Gasteiger charge is -2.15. The molecule has 2 aromatic rings. The Morgan fingerprint density at radius 2 is 1.91 bits per heavy atom. The minimum Gasteiger partial charge on any atom is -0.322 e. The molecule has 1 aliphatic rings. The Labute approximate surface area is 143 Å². The summed E-state index contributed by atoms with van der Waals surface area (Å²) in [6.45, 7) is 2.73. The number of anilines is 2. The van der Waals surface area contributed by atoms with Crippen molar-refractivity contribution in [1.82, 2.24) is 0 Å². The number of aryl methyl sites for hydroxylation is 1. The van der Waals surface area contributed by atoms with E-state index in [-0.39, 0.29) is 11.8 Å². The van der Waals surface area contributed by atoms with Crippen LogP contribution < -0.4 is 10.2 Å². The lowest BCUT2D eigenvalue weighted by Crippen LogP contribution is -2.23. The monoisotopic (exact) mass is 372 g/mol. The first-order valence-electron chi connectivity index (χ1n) is 7.52. The molecule has 0 bridgehead atoms. The third-order valence-electron chi connectivity index (χ3n) is 3.81. The largest absolute Gasteiger partial charge is 0.322 e. The van der Waals surface area contributed by atoms with Crippen LogP contribution in [0.1, 0.15) is 28.8 Å². The van der Waals surface area contributed by atoms with Crippen LogP contribution >= 0.6 is 15.9 Å². The van der Waals surface area contributed by atoms with Gasteiger partial charge in [0.15, 0.2) is 0 Å². The first-order valence-corrected chi connectivity index (χ1v) is 8.31. The van der Waals surface area contributed by atoms with Crippen molar-refractivity contribution in [2.24, 2.45) is 0 Å². The maximum Gasteiger partial charge on any atom is 0.255 e. The Balaban J connectivity index is 1.73. The quantitative estimate of drug-likeness (QED) is 0.879. The lowest BCUT2D eigenvalue weighted by molar-refractivity contribution is -0.117. The second-order valence-electron chi connectivity index (χ2n) is 5.67. The molecule has 0 aromatic heterocycles. The lowest BCUT2D eigenvalue weighted by atomic mass is 10.1. The fourth-order valence-electron chi connectivity index (χ4n) is 2.73. The molecule has 0 atom stereocenters. The highest BCUT2D eigenvalue weighted by Gasteiger charge is 2.21. The van der Waals surface area contributed by atoms with E-state index in [9.17, 15) is 9.59 Å². The number of nitrogens with zero attached hydrogens (tertiary/aromatic N) is 1. The molecule has 0 unspecified atom stereocenters. The molecule has 1 aliphatic heterocycles. The molecule has 1 fully saturated rings. The topological polar surface area (TPSA) is 49.4 Å². The van der Waals surface area contributed by atoms with Crippen LogP contribution in [0.2, 0.25) is 0 Å². The zero-order chi connectivity index (χ0) is 16.4. The Bertz CT molecular complexity index is 736. The van der Waals surface area contributed by atoms with E-state index in [1.54, 1.807) is 17.0 Å². The van der Waals surface area contributed by atoms with E-state index in [0.717, 1.165) is 34.4 Å². The predicted molar refractivity (Wildman–Crippen MR) is 94.9 cm³/mol. The molecule has 4 nitrogen and oxygen atoms in total. The van der Waals surface area contributed by atoms with Gasteiger partial charge in [0.25, 0.3) is 5.91 Å². The van der Waals surface area contributed by atoms with Crippen LogP contribution in [-0.4, -0.2) is 18.4 Å². The molecule has 1 heterocycles. The number of benzene rings is 2. The zero-order valence-corrected chi connectivity index (χ0v) is 14.4. The third kappa shape index (κ3) is 3.62. The van der Waals surface area contributed by atoms with Gasteiger partial charge in [0, 0.05) is 34.4 Å². The first kappa shape index (κ1) is 15.7. The van der Waals surface area contributed by atoms with E-state index in [0.29, 0.717) is 12.0 Å². The molecule has 1 N–H and O–H groups in total. The molecule has 2 amide bonds. The second kappa shape index (κ2) is 6.54. The second-order valence-corrected chi connectivity index (χ2v) is 6.58. The summed E-state index contributed by atoms with van der Waals surface area (Å²) in [5.74, 6) is -0.0198. The average molecular weight is 373 g/mol. The Morgan fingerprint density at radius 1 is 1.17 bits per heavy atom. The number of carbonyl (C=O) groups is 2. The number of rotatable bonds is 3. The maximum atomic E-state index is 12.3. The first-order chi connectivity index (χ1) is 11.0. The van der Waals surface area contributed by atoms with Crippen LogP contribution in [0.15, 0.2) is 46.9 Å². The Morgan fingerprint density at radius 3 is 2.52 bits per heavy atom. The number of nitrogens with one attached hydrogen (secondary N) is 1. The molecular formula is C18H17BrN2O2. The number of hydrogen-bond acceptors (Lipinski definition) is 2. The van der Waals surface area contributed by atoms with Crippen LogP contribution in [0.25, 0.3) is 0 Å². The summed E-state index contributed by atoms with van der Waals surface area (Å²) in [4.78, 5) is 25.8. The predicted octanol–water partition coefficient (Wildman–Crippen LogP) is 4.14. The van der Waals surface area contributed by atoms with E-state index in [1.807, 2.05) is 37.3 Å². The van der Waals surface area contributed by atoms with Gasteiger partial charge in [-0.05, 0) is 61.4 Å². The van der Waals surface area contributed by atoms with Crippen molar-refractivity contribution in [3.63, 3.8) is 0 Å². The van der Waals surface area contributed by atoms with Gasteiger partial charge < -0.3 is 10.2 Å². The SMILES string of the molecule is Cc1cc(Br)cc(NC(=O)c2ccc(N3CCCC3=O)cc2)c1. The summed E-state index contributed by atoms with van der Waals surface area (Å²) in [6.07, 6.45) is 1.49. The minimum absolute atomic E-state index is 0.145. The van der Waals surface area contributed by atoms with Crippen LogP contribution in [0.5, 0.6) is 0 Å². The third-order valence-corrected chi connectivity index (χ3v) is 4.27. The summed E-state index contributed by atoms with van der Waals surface area (Å²) >= 11 is 3.42. The summed E-state index contributed by atoms with van der Waals surface area (Å²) in [7, 11) is 0. The maximum absolute atomic E-state index is 12.3. The van der Waals surface area contributed by atoms with Crippen molar-refractivity contribution in [3.05, 3.63) is 58.1 Å². The van der Waals surface area contributed by atoms with E-state index in [1.165, 1.54) is 0 Å². The molecule has 0 spiro atoms. The summed E-state index contributed by atoms with van der Waals surface area (Å²) in [6, 6.07) is 12.9. The van der Waals surface area contributed by atoms with E-state index in [4.69, 9.17) is 0 Å². The van der Waals surface area contributed by atoms with Crippen molar-refractivity contribution >= 4 is 39.1 Å². The number of carbonyl (C=O) groups excluding carboxylic acids is 2. The van der Waals surface area contributed by atoms with E-state index < -0.39 is 0 Å². The van der Waals surface area contributed by atoms with Crippen molar-refractivity contribution in [2.45, 2.75) is 19.8 Å². The van der Waals surface area contributed by atoms with Crippen LogP contribution in [0.3, 0.4) is 0 Å². The smallest absolute Gasteiger partial charge is 0.255 e. The summed E-state index contributed by atoms with van der Waals surface area (Å²) in [5.41, 5.74) is 3.23. The van der Waals surface area contributed by atoms with Crippen molar-refractivity contribution in [2.75, 3.05) is 16.8 Å². The van der Waals surface area contributed by atoms with Crippen molar-refractivity contribution < 1.29 is 9.59 Å². The zero-order valence-electron chi connectivity index (χ0n) is 12.8. The molecule has 0 saturated carbocycles. The van der Waals surface area contributed by atoms with Crippen molar-refractivity contribution in [1.29, 1.82) is 0 Å². The minimum atomic E-state index is -0.165. The number of amides is 2. The molecular weight excluding hydrogens is 356 g/mol. The molecule has 23 heavy (non-hydrogen) atoms. The molecule has 1 saturated heterocycles. The highest BCUT2D eigenvalue weighted by atomic mass is 79.9. The van der Waals surface area contributed by atoms with Gasteiger partial charge in [-0.25, -0.2) is 0 Å². The van der Waals surface area contributed by atoms with Crippen LogP contribution in [0, 0.1) is 6.92 Å². The van der Waals surface area contributed by atoms with E-state index in [2.05, 4.69) is 21.2 Å². The normalized spacial score (nSPS) is 14.2. The van der Waals surface area contributed by atoms with E-state index >= 15 is 0 Å². The van der Waals surface area contributed by atoms with Gasteiger partial charge in [-0.15, -0.1) is 0 Å². The molecule has 0 aliphatic carbocycles. The Hall–Kier alpha value is -2.14. The van der Waals surface area contributed by atoms with Gasteiger partial charge in [0.2, 0.25) is 5.91 Å². The molecule has 0 radical (unpaired) electrons. The number of hydrogen-bond donors (Lipinski definition) is 1. The summed E-state index contributed by atoms with van der Waals surface area (Å²) in [5, 5.41) is 2.89. The van der Waals surface area contributed by atoms with Gasteiger partial charge in [-0.3, -0.25) is 9.59 Å². The standard InChI is InChI=1S/C18H17BrN2O2/c1-12-9-14(19)11-15(10-12)20-18(23)13-4-6-16(7-5-13)21-8-2-3-17(21)22/h4-7,9-11H,2-3,8H2,1H3,(H,20,23). The van der Waals surface area contributed by atoms with Gasteiger partial charge in [0.05, 0.1) is 0 Å². The fourth-order valence-corrected chi connectivity index (χ4v) is 3.33.